The van der Waals surface area contributed by atoms with Crippen LogP contribution < -0.4 is 4.74 Å². The van der Waals surface area contributed by atoms with Gasteiger partial charge in [-0.1, -0.05) is 15.9 Å². The van der Waals surface area contributed by atoms with Crippen LogP contribution in [0, 0.1) is 0 Å². The molecule has 0 heterocycles. The van der Waals surface area contributed by atoms with Gasteiger partial charge in [0.05, 0.1) is 5.56 Å². The van der Waals surface area contributed by atoms with Crippen LogP contribution in [0.25, 0.3) is 0 Å². The van der Waals surface area contributed by atoms with E-state index in [0.29, 0.717) is 10.2 Å². The van der Waals surface area contributed by atoms with E-state index in [1.807, 2.05) is 0 Å². The Balaban J connectivity index is 2.30. The van der Waals surface area contributed by atoms with Gasteiger partial charge in [0.15, 0.2) is 0 Å². The molecule has 2 aromatic carbocycles. The zero-order valence-electron chi connectivity index (χ0n) is 10.0. The molecule has 2 aromatic rings. The van der Waals surface area contributed by atoms with E-state index in [1.54, 1.807) is 6.07 Å². The summed E-state index contributed by atoms with van der Waals surface area (Å²) in [5, 5.41) is 17.9. The van der Waals surface area contributed by atoms with Crippen molar-refractivity contribution in [3.05, 3.63) is 58.1 Å². The largest absolute Gasteiger partial charge is 0.478 e. The molecular weight excluding hydrogens is 328 g/mol. The highest BCUT2D eigenvalue weighted by Gasteiger charge is 2.13. The van der Waals surface area contributed by atoms with Crippen LogP contribution in [0.1, 0.15) is 20.7 Å². The fraction of sp³-hybridized carbons (Fsp3) is 0. The predicted octanol–water partition coefficient (Wildman–Crippen LogP) is 3.64. The normalized spacial score (nSPS) is 10.1. The lowest BCUT2D eigenvalue weighted by atomic mass is 10.2. The highest BCUT2D eigenvalue weighted by atomic mass is 79.9. The molecule has 0 fully saturated rings. The minimum absolute atomic E-state index is 0.0155. The molecule has 6 heteroatoms. The number of carboxylic acid groups (broad SMARTS) is 2. The van der Waals surface area contributed by atoms with Gasteiger partial charge in [-0.25, -0.2) is 9.59 Å². The van der Waals surface area contributed by atoms with E-state index in [9.17, 15) is 9.59 Å². The number of rotatable bonds is 4. The number of ether oxygens (including phenoxy) is 1. The average molecular weight is 337 g/mol. The summed E-state index contributed by atoms with van der Waals surface area (Å²) < 4.78 is 6.09. The summed E-state index contributed by atoms with van der Waals surface area (Å²) in [6, 6.07) is 10.3. The second-order valence-corrected chi connectivity index (χ2v) is 4.79. The van der Waals surface area contributed by atoms with Gasteiger partial charge in [-0.2, -0.15) is 0 Å². The molecule has 0 aliphatic rings. The van der Waals surface area contributed by atoms with Crippen molar-refractivity contribution in [2.24, 2.45) is 0 Å². The van der Waals surface area contributed by atoms with E-state index in [1.165, 1.54) is 36.4 Å². The molecule has 0 spiro atoms. The summed E-state index contributed by atoms with van der Waals surface area (Å²) in [7, 11) is 0. The molecule has 0 saturated carbocycles. The SMILES string of the molecule is O=C(O)c1ccc(Oc2ccc(Br)cc2C(=O)O)cc1. The fourth-order valence-corrected chi connectivity index (χ4v) is 1.91. The van der Waals surface area contributed by atoms with Crippen molar-refractivity contribution < 1.29 is 24.5 Å². The van der Waals surface area contributed by atoms with Crippen LogP contribution in [0.3, 0.4) is 0 Å². The molecule has 0 aromatic heterocycles. The van der Waals surface area contributed by atoms with E-state index in [-0.39, 0.29) is 16.9 Å². The molecule has 0 radical (unpaired) electrons. The van der Waals surface area contributed by atoms with E-state index in [0.717, 1.165) is 0 Å². The maximum atomic E-state index is 11.1. The first kappa shape index (κ1) is 14.1. The van der Waals surface area contributed by atoms with Gasteiger partial charge in [0, 0.05) is 4.47 Å². The average Bonchev–Trinajstić information content (AvgIpc) is 2.41. The van der Waals surface area contributed by atoms with Crippen LogP contribution in [0.5, 0.6) is 11.5 Å². The van der Waals surface area contributed by atoms with Gasteiger partial charge in [-0.3, -0.25) is 0 Å². The third-order valence-corrected chi connectivity index (χ3v) is 2.99. The summed E-state index contributed by atoms with van der Waals surface area (Å²) in [6.07, 6.45) is 0. The third-order valence-electron chi connectivity index (χ3n) is 2.50. The zero-order chi connectivity index (χ0) is 14.7. The number of carbonyl (C=O) groups is 2. The summed E-state index contributed by atoms with van der Waals surface area (Å²) in [4.78, 5) is 21.9. The first-order chi connectivity index (χ1) is 9.47. The molecule has 5 nitrogen and oxygen atoms in total. The van der Waals surface area contributed by atoms with Crippen molar-refractivity contribution >= 4 is 27.9 Å². The van der Waals surface area contributed by atoms with E-state index in [2.05, 4.69) is 15.9 Å². The second-order valence-electron chi connectivity index (χ2n) is 3.88. The number of aromatic carboxylic acids is 2. The van der Waals surface area contributed by atoms with Crippen LogP contribution in [0.4, 0.5) is 0 Å². The Bertz CT molecular complexity index is 664. The number of hydrogen-bond donors (Lipinski definition) is 2. The summed E-state index contributed by atoms with van der Waals surface area (Å²) in [6.45, 7) is 0. The van der Waals surface area contributed by atoms with Crippen molar-refractivity contribution in [3.8, 4) is 11.5 Å². The Labute approximate surface area is 122 Å². The third kappa shape index (κ3) is 3.16. The Morgan fingerprint density at radius 2 is 1.60 bits per heavy atom. The molecule has 0 aliphatic carbocycles. The molecule has 102 valence electrons. The molecular formula is C14H9BrO5. The van der Waals surface area contributed by atoms with Crippen molar-refractivity contribution in [1.29, 1.82) is 0 Å². The van der Waals surface area contributed by atoms with Crippen molar-refractivity contribution in [3.63, 3.8) is 0 Å². The van der Waals surface area contributed by atoms with Crippen LogP contribution in [0.2, 0.25) is 0 Å². The van der Waals surface area contributed by atoms with Crippen LogP contribution in [-0.2, 0) is 0 Å². The van der Waals surface area contributed by atoms with Crippen LogP contribution >= 0.6 is 15.9 Å². The maximum absolute atomic E-state index is 11.1. The molecule has 0 amide bonds. The number of hydrogen-bond acceptors (Lipinski definition) is 3. The number of benzene rings is 2. The van der Waals surface area contributed by atoms with Gasteiger partial charge < -0.3 is 14.9 Å². The molecule has 2 rings (SSSR count). The molecule has 0 aliphatic heterocycles. The highest BCUT2D eigenvalue weighted by Crippen LogP contribution is 2.28. The lowest BCUT2D eigenvalue weighted by Crippen LogP contribution is -2.00. The van der Waals surface area contributed by atoms with Gasteiger partial charge in [-0.05, 0) is 42.5 Å². The zero-order valence-corrected chi connectivity index (χ0v) is 11.6. The molecule has 0 saturated heterocycles. The second kappa shape index (κ2) is 5.75. The minimum Gasteiger partial charge on any atom is -0.478 e. The minimum atomic E-state index is -1.11. The first-order valence-electron chi connectivity index (χ1n) is 5.51. The van der Waals surface area contributed by atoms with E-state index >= 15 is 0 Å². The standard InChI is InChI=1S/C14H9BrO5/c15-9-3-6-12(11(7-9)14(18)19)20-10-4-1-8(2-5-10)13(16)17/h1-7H,(H,16,17)(H,18,19). The Morgan fingerprint density at radius 3 is 2.15 bits per heavy atom. The number of halogens is 1. The van der Waals surface area contributed by atoms with Crippen LogP contribution in [0.15, 0.2) is 46.9 Å². The topological polar surface area (TPSA) is 83.8 Å². The Kier molecular flexibility index (Phi) is 4.05. The quantitative estimate of drug-likeness (QED) is 0.890. The van der Waals surface area contributed by atoms with E-state index < -0.39 is 11.9 Å². The molecule has 0 unspecified atom stereocenters. The van der Waals surface area contributed by atoms with Gasteiger partial charge in [-0.15, -0.1) is 0 Å². The summed E-state index contributed by atoms with van der Waals surface area (Å²) in [5.74, 6) is -1.60. The van der Waals surface area contributed by atoms with Gasteiger partial charge in [0.1, 0.15) is 17.1 Å². The van der Waals surface area contributed by atoms with Gasteiger partial charge in [0.2, 0.25) is 0 Å². The highest BCUT2D eigenvalue weighted by molar-refractivity contribution is 9.10. The van der Waals surface area contributed by atoms with Crippen molar-refractivity contribution in [2.75, 3.05) is 0 Å². The van der Waals surface area contributed by atoms with E-state index in [4.69, 9.17) is 14.9 Å². The van der Waals surface area contributed by atoms with Gasteiger partial charge >= 0.3 is 11.9 Å². The molecule has 2 N–H and O–H groups in total. The lowest BCUT2D eigenvalue weighted by Gasteiger charge is -2.09. The Hall–Kier alpha value is -2.34. The van der Waals surface area contributed by atoms with Crippen molar-refractivity contribution in [2.45, 2.75) is 0 Å². The molecule has 20 heavy (non-hydrogen) atoms. The fourth-order valence-electron chi connectivity index (χ4n) is 1.55. The lowest BCUT2D eigenvalue weighted by molar-refractivity contribution is 0.0685. The molecule has 0 atom stereocenters. The Morgan fingerprint density at radius 1 is 0.950 bits per heavy atom. The van der Waals surface area contributed by atoms with Crippen molar-refractivity contribution in [1.82, 2.24) is 0 Å². The summed E-state index contributed by atoms with van der Waals surface area (Å²) in [5.41, 5.74) is 0.147. The smallest absolute Gasteiger partial charge is 0.339 e. The van der Waals surface area contributed by atoms with Gasteiger partial charge in [0.25, 0.3) is 0 Å². The first-order valence-corrected chi connectivity index (χ1v) is 6.31. The number of carboxylic acids is 2. The maximum Gasteiger partial charge on any atom is 0.339 e. The predicted molar refractivity (Wildman–Crippen MR) is 74.6 cm³/mol. The summed E-state index contributed by atoms with van der Waals surface area (Å²) >= 11 is 3.19. The van der Waals surface area contributed by atoms with Crippen LogP contribution in [-0.4, -0.2) is 22.2 Å². The molecule has 0 bridgehead atoms. The monoisotopic (exact) mass is 336 g/mol.